The molecule has 0 aliphatic rings. The number of methoxy groups -OCH3 is 1. The SMILES string of the molecule is COc1ccc([C@@H](NC(=O)C[NH2+][C@H](C)c2cccc(Cl)c2)c2ccccc2)cc1. The number of carbonyl (C=O) groups excluding carboxylic acids is 1. The van der Waals surface area contributed by atoms with Crippen molar-refractivity contribution in [1.82, 2.24) is 5.32 Å². The minimum Gasteiger partial charge on any atom is -0.497 e. The third-order valence-corrected chi connectivity index (χ3v) is 5.15. The van der Waals surface area contributed by atoms with Gasteiger partial charge in [0.1, 0.15) is 11.8 Å². The Bertz CT molecular complexity index is 929. The van der Waals surface area contributed by atoms with Crippen LogP contribution in [0.2, 0.25) is 5.02 Å². The Morgan fingerprint density at radius 2 is 1.62 bits per heavy atom. The van der Waals surface area contributed by atoms with Gasteiger partial charge >= 0.3 is 0 Å². The fraction of sp³-hybridized carbons (Fsp3) is 0.208. The van der Waals surface area contributed by atoms with E-state index in [-0.39, 0.29) is 18.0 Å². The Morgan fingerprint density at radius 1 is 0.966 bits per heavy atom. The van der Waals surface area contributed by atoms with Gasteiger partial charge in [0.25, 0.3) is 5.91 Å². The number of ether oxygens (including phenoxy) is 1. The molecule has 29 heavy (non-hydrogen) atoms. The molecular formula is C24H26ClN2O2+. The average Bonchev–Trinajstić information content (AvgIpc) is 2.76. The summed E-state index contributed by atoms with van der Waals surface area (Å²) in [5.74, 6) is 0.763. The van der Waals surface area contributed by atoms with Crippen LogP contribution in [-0.2, 0) is 4.79 Å². The van der Waals surface area contributed by atoms with E-state index in [2.05, 4.69) is 12.2 Å². The average molecular weight is 410 g/mol. The number of amides is 1. The number of rotatable bonds is 8. The molecule has 0 saturated heterocycles. The predicted octanol–water partition coefficient (Wildman–Crippen LogP) is 3.88. The van der Waals surface area contributed by atoms with Gasteiger partial charge in [-0.25, -0.2) is 0 Å². The Hall–Kier alpha value is -2.82. The highest BCUT2D eigenvalue weighted by Gasteiger charge is 2.19. The number of nitrogens with two attached hydrogens (primary N) is 1. The van der Waals surface area contributed by atoms with Crippen LogP contribution in [0.3, 0.4) is 0 Å². The number of benzene rings is 3. The molecule has 0 aliphatic heterocycles. The van der Waals surface area contributed by atoms with Crippen molar-refractivity contribution in [3.05, 3.63) is 101 Å². The fourth-order valence-electron chi connectivity index (χ4n) is 3.23. The second kappa shape index (κ2) is 10.1. The Morgan fingerprint density at radius 3 is 2.28 bits per heavy atom. The van der Waals surface area contributed by atoms with Crippen LogP contribution in [0.15, 0.2) is 78.9 Å². The van der Waals surface area contributed by atoms with Gasteiger partial charge in [0.2, 0.25) is 0 Å². The van der Waals surface area contributed by atoms with Crippen molar-refractivity contribution in [2.24, 2.45) is 0 Å². The zero-order chi connectivity index (χ0) is 20.6. The van der Waals surface area contributed by atoms with E-state index >= 15 is 0 Å². The highest BCUT2D eigenvalue weighted by atomic mass is 35.5. The van der Waals surface area contributed by atoms with E-state index in [1.807, 2.05) is 84.2 Å². The maximum atomic E-state index is 12.7. The maximum absolute atomic E-state index is 12.7. The minimum absolute atomic E-state index is 0.0245. The topological polar surface area (TPSA) is 54.9 Å². The molecule has 3 aromatic rings. The summed E-state index contributed by atoms with van der Waals surface area (Å²) in [5, 5.41) is 5.88. The quantitative estimate of drug-likeness (QED) is 0.593. The molecule has 3 rings (SSSR count). The number of hydrogen-bond acceptors (Lipinski definition) is 2. The van der Waals surface area contributed by atoms with Crippen LogP contribution in [0.1, 0.15) is 35.7 Å². The summed E-state index contributed by atoms with van der Waals surface area (Å²) in [7, 11) is 1.64. The molecule has 0 fully saturated rings. The largest absolute Gasteiger partial charge is 0.497 e. The normalized spacial score (nSPS) is 12.8. The first kappa shape index (κ1) is 20.9. The predicted molar refractivity (Wildman–Crippen MR) is 116 cm³/mol. The van der Waals surface area contributed by atoms with Crippen LogP contribution in [0.4, 0.5) is 0 Å². The smallest absolute Gasteiger partial charge is 0.275 e. The zero-order valence-corrected chi connectivity index (χ0v) is 17.4. The van der Waals surface area contributed by atoms with Crippen molar-refractivity contribution in [3.63, 3.8) is 0 Å². The van der Waals surface area contributed by atoms with E-state index in [9.17, 15) is 4.79 Å². The van der Waals surface area contributed by atoms with E-state index in [0.29, 0.717) is 11.6 Å². The zero-order valence-electron chi connectivity index (χ0n) is 16.6. The van der Waals surface area contributed by atoms with Crippen molar-refractivity contribution < 1.29 is 14.8 Å². The van der Waals surface area contributed by atoms with Gasteiger partial charge in [0.05, 0.1) is 13.2 Å². The monoisotopic (exact) mass is 409 g/mol. The van der Waals surface area contributed by atoms with Crippen LogP contribution in [0.5, 0.6) is 5.75 Å². The van der Waals surface area contributed by atoms with Gasteiger partial charge in [0, 0.05) is 10.6 Å². The van der Waals surface area contributed by atoms with Gasteiger partial charge in [-0.1, -0.05) is 66.2 Å². The van der Waals surface area contributed by atoms with Gasteiger partial charge in [-0.05, 0) is 42.3 Å². The maximum Gasteiger partial charge on any atom is 0.275 e. The number of carbonyl (C=O) groups is 1. The van der Waals surface area contributed by atoms with Gasteiger partial charge in [-0.2, -0.15) is 0 Å². The molecule has 3 aromatic carbocycles. The van der Waals surface area contributed by atoms with E-state index in [1.54, 1.807) is 7.11 Å². The van der Waals surface area contributed by atoms with Crippen molar-refractivity contribution >= 4 is 17.5 Å². The van der Waals surface area contributed by atoms with Crippen LogP contribution < -0.4 is 15.4 Å². The van der Waals surface area contributed by atoms with Crippen LogP contribution in [0, 0.1) is 0 Å². The summed E-state index contributed by atoms with van der Waals surface area (Å²) >= 11 is 6.08. The lowest BCUT2D eigenvalue weighted by Gasteiger charge is -2.20. The molecule has 0 radical (unpaired) electrons. The Kier molecular flexibility index (Phi) is 7.28. The van der Waals surface area contributed by atoms with Crippen molar-refractivity contribution in [2.75, 3.05) is 13.7 Å². The summed E-state index contributed by atoms with van der Waals surface area (Å²) in [6, 6.07) is 25.4. The molecule has 4 nitrogen and oxygen atoms in total. The molecule has 0 saturated carbocycles. The number of hydrogen-bond donors (Lipinski definition) is 2. The van der Waals surface area contributed by atoms with Crippen LogP contribution >= 0.6 is 11.6 Å². The standard InChI is InChI=1S/C24H25ClN2O2/c1-17(20-9-6-10-21(25)15-20)26-16-23(28)27-24(18-7-4-3-5-8-18)19-11-13-22(29-2)14-12-19/h3-15,17,24,26H,16H2,1-2H3,(H,27,28)/p+1/t17-,24+/m1/s1. The molecule has 150 valence electrons. The molecule has 3 N–H and O–H groups in total. The Balaban J connectivity index is 1.69. The second-order valence-electron chi connectivity index (χ2n) is 6.97. The molecule has 0 bridgehead atoms. The second-order valence-corrected chi connectivity index (χ2v) is 7.40. The molecule has 0 unspecified atom stereocenters. The molecule has 0 aliphatic carbocycles. The molecule has 5 heteroatoms. The molecule has 2 atom stereocenters. The number of halogens is 1. The minimum atomic E-state index is -0.218. The molecule has 0 aromatic heterocycles. The fourth-order valence-corrected chi connectivity index (χ4v) is 3.43. The van der Waals surface area contributed by atoms with Gasteiger partial charge in [-0.15, -0.1) is 0 Å². The third-order valence-electron chi connectivity index (χ3n) is 4.92. The number of quaternary nitrogens is 1. The highest BCUT2D eigenvalue weighted by molar-refractivity contribution is 6.30. The lowest BCUT2D eigenvalue weighted by molar-refractivity contribution is -0.682. The molecular weight excluding hydrogens is 384 g/mol. The lowest BCUT2D eigenvalue weighted by Crippen LogP contribution is -2.87. The van der Waals surface area contributed by atoms with Crippen molar-refractivity contribution in [1.29, 1.82) is 0 Å². The lowest BCUT2D eigenvalue weighted by atomic mass is 9.98. The molecule has 1 amide bonds. The summed E-state index contributed by atoms with van der Waals surface area (Å²) in [5.41, 5.74) is 3.14. The van der Waals surface area contributed by atoms with E-state index in [1.165, 1.54) is 0 Å². The van der Waals surface area contributed by atoms with E-state index in [0.717, 1.165) is 22.4 Å². The van der Waals surface area contributed by atoms with Gasteiger partial charge in [0.15, 0.2) is 6.54 Å². The van der Waals surface area contributed by atoms with Crippen molar-refractivity contribution in [3.8, 4) is 5.75 Å². The Labute approximate surface area is 176 Å². The highest BCUT2D eigenvalue weighted by Crippen LogP contribution is 2.24. The molecule has 0 heterocycles. The summed E-state index contributed by atoms with van der Waals surface area (Å²) in [6.45, 7) is 2.39. The van der Waals surface area contributed by atoms with Gasteiger partial charge < -0.3 is 15.4 Å². The summed E-state index contributed by atoms with van der Waals surface area (Å²) in [6.07, 6.45) is 0. The number of nitrogens with one attached hydrogen (secondary N) is 1. The first-order chi connectivity index (χ1) is 14.1. The first-order valence-corrected chi connectivity index (χ1v) is 10.0. The molecule has 0 spiro atoms. The first-order valence-electron chi connectivity index (χ1n) is 9.64. The van der Waals surface area contributed by atoms with E-state index in [4.69, 9.17) is 16.3 Å². The van der Waals surface area contributed by atoms with Crippen LogP contribution in [-0.4, -0.2) is 19.6 Å². The van der Waals surface area contributed by atoms with Crippen LogP contribution in [0.25, 0.3) is 0 Å². The van der Waals surface area contributed by atoms with Crippen molar-refractivity contribution in [2.45, 2.75) is 19.0 Å². The van der Waals surface area contributed by atoms with Gasteiger partial charge in [-0.3, -0.25) is 4.79 Å². The van der Waals surface area contributed by atoms with E-state index < -0.39 is 0 Å². The third kappa shape index (κ3) is 5.83. The summed E-state index contributed by atoms with van der Waals surface area (Å²) < 4.78 is 5.25. The summed E-state index contributed by atoms with van der Waals surface area (Å²) in [4.78, 5) is 12.7.